The Kier molecular flexibility index (Phi) is 5.95. The van der Waals surface area contributed by atoms with Crippen LogP contribution < -0.4 is 15.8 Å². The minimum atomic E-state index is -0.822. The molecule has 1 aromatic rings. The van der Waals surface area contributed by atoms with Crippen LogP contribution >= 0.6 is 28.1 Å². The molecule has 0 heterocycles. The molecule has 1 rings (SSSR count). The molecular formula is C14H19BrN2O2S. The molecule has 3 N–H and O–H groups in total. The van der Waals surface area contributed by atoms with Crippen molar-refractivity contribution in [3.05, 3.63) is 22.7 Å². The van der Waals surface area contributed by atoms with Crippen LogP contribution in [0.2, 0.25) is 0 Å². The number of rotatable bonds is 6. The SMILES string of the molecule is CCC(CC)(C(=O)Nc1cc(OC)ccc1Br)C(N)=S. The zero-order valence-corrected chi connectivity index (χ0v) is 14.2. The Balaban J connectivity index is 3.08. The Morgan fingerprint density at radius 1 is 1.45 bits per heavy atom. The molecule has 0 spiro atoms. The lowest BCUT2D eigenvalue weighted by atomic mass is 9.81. The maximum absolute atomic E-state index is 12.5. The molecule has 0 aliphatic rings. The van der Waals surface area contributed by atoms with E-state index in [0.29, 0.717) is 24.3 Å². The first-order valence-corrected chi connectivity index (χ1v) is 7.56. The minimum absolute atomic E-state index is 0.191. The van der Waals surface area contributed by atoms with Gasteiger partial charge in [-0.1, -0.05) is 26.1 Å². The van der Waals surface area contributed by atoms with Gasteiger partial charge in [-0.3, -0.25) is 4.79 Å². The van der Waals surface area contributed by atoms with Gasteiger partial charge in [-0.2, -0.15) is 0 Å². The second-order valence-corrected chi connectivity index (χ2v) is 5.75. The minimum Gasteiger partial charge on any atom is -0.497 e. The summed E-state index contributed by atoms with van der Waals surface area (Å²) in [6.45, 7) is 3.81. The van der Waals surface area contributed by atoms with Crippen molar-refractivity contribution in [2.75, 3.05) is 12.4 Å². The number of halogens is 1. The lowest BCUT2D eigenvalue weighted by molar-refractivity contribution is -0.122. The van der Waals surface area contributed by atoms with Crippen molar-refractivity contribution in [2.24, 2.45) is 11.1 Å². The summed E-state index contributed by atoms with van der Waals surface area (Å²) in [5.41, 5.74) is 5.59. The number of amides is 1. The number of ether oxygens (including phenoxy) is 1. The van der Waals surface area contributed by atoms with E-state index in [1.165, 1.54) is 0 Å². The summed E-state index contributed by atoms with van der Waals surface area (Å²) < 4.78 is 5.93. The molecule has 20 heavy (non-hydrogen) atoms. The maximum Gasteiger partial charge on any atom is 0.237 e. The summed E-state index contributed by atoms with van der Waals surface area (Å²) in [7, 11) is 1.58. The van der Waals surface area contributed by atoms with Crippen molar-refractivity contribution in [3.63, 3.8) is 0 Å². The van der Waals surface area contributed by atoms with Crippen LogP contribution in [0.15, 0.2) is 22.7 Å². The highest BCUT2D eigenvalue weighted by Gasteiger charge is 2.38. The average Bonchev–Trinajstić information content (AvgIpc) is 2.43. The Hall–Kier alpha value is -1.14. The quantitative estimate of drug-likeness (QED) is 0.764. The van der Waals surface area contributed by atoms with Gasteiger partial charge in [0.15, 0.2) is 0 Å². The van der Waals surface area contributed by atoms with Gasteiger partial charge in [0.2, 0.25) is 5.91 Å². The van der Waals surface area contributed by atoms with E-state index in [1.54, 1.807) is 19.2 Å². The van der Waals surface area contributed by atoms with E-state index in [9.17, 15) is 4.79 Å². The molecule has 0 atom stereocenters. The zero-order chi connectivity index (χ0) is 15.3. The van der Waals surface area contributed by atoms with Crippen LogP contribution in [0.25, 0.3) is 0 Å². The predicted molar refractivity (Wildman–Crippen MR) is 89.1 cm³/mol. The summed E-state index contributed by atoms with van der Waals surface area (Å²) in [6, 6.07) is 5.37. The molecular weight excluding hydrogens is 340 g/mol. The standard InChI is InChI=1S/C14H19BrN2O2S/c1-4-14(5-2,12(16)20)13(18)17-11-8-9(19-3)6-7-10(11)15/h6-8H,4-5H2,1-3H3,(H2,16,20)(H,17,18). The van der Waals surface area contributed by atoms with Gasteiger partial charge < -0.3 is 15.8 Å². The predicted octanol–water partition coefficient (Wildman–Crippen LogP) is 3.49. The molecule has 4 nitrogen and oxygen atoms in total. The number of nitrogens with one attached hydrogen (secondary N) is 1. The molecule has 0 aliphatic carbocycles. The Morgan fingerprint density at radius 3 is 2.50 bits per heavy atom. The fourth-order valence-electron chi connectivity index (χ4n) is 2.00. The summed E-state index contributed by atoms with van der Waals surface area (Å²) in [5, 5.41) is 2.88. The smallest absolute Gasteiger partial charge is 0.237 e. The first kappa shape index (κ1) is 16.9. The van der Waals surface area contributed by atoms with Gasteiger partial charge in [-0.05, 0) is 40.9 Å². The van der Waals surface area contributed by atoms with Crippen molar-refractivity contribution in [2.45, 2.75) is 26.7 Å². The van der Waals surface area contributed by atoms with Gasteiger partial charge in [0.1, 0.15) is 5.75 Å². The van der Waals surface area contributed by atoms with Crippen LogP contribution in [0.4, 0.5) is 5.69 Å². The molecule has 0 unspecified atom stereocenters. The number of thiocarbonyl (C=S) groups is 1. The molecule has 110 valence electrons. The summed E-state index contributed by atoms with van der Waals surface area (Å²) in [4.78, 5) is 12.8. The third-order valence-electron chi connectivity index (χ3n) is 3.54. The summed E-state index contributed by atoms with van der Waals surface area (Å²) >= 11 is 8.48. The normalized spacial score (nSPS) is 11.0. The topological polar surface area (TPSA) is 64.3 Å². The van der Waals surface area contributed by atoms with Crippen LogP contribution in [0.5, 0.6) is 5.75 Å². The number of hydrogen-bond donors (Lipinski definition) is 2. The fraction of sp³-hybridized carbons (Fsp3) is 0.429. The van der Waals surface area contributed by atoms with Gasteiger partial charge in [0.05, 0.1) is 23.2 Å². The summed E-state index contributed by atoms with van der Waals surface area (Å²) in [6.07, 6.45) is 1.12. The number of carbonyl (C=O) groups excluding carboxylic acids is 1. The molecule has 0 aromatic heterocycles. The zero-order valence-electron chi connectivity index (χ0n) is 11.8. The number of methoxy groups -OCH3 is 1. The molecule has 1 amide bonds. The van der Waals surface area contributed by atoms with Crippen molar-refractivity contribution in [1.82, 2.24) is 0 Å². The molecule has 0 bridgehead atoms. The van der Waals surface area contributed by atoms with E-state index in [2.05, 4.69) is 21.2 Å². The van der Waals surface area contributed by atoms with Gasteiger partial charge in [-0.25, -0.2) is 0 Å². The number of anilines is 1. The molecule has 0 fully saturated rings. The third kappa shape index (κ3) is 3.30. The molecule has 0 saturated heterocycles. The van der Waals surface area contributed by atoms with Crippen molar-refractivity contribution >= 4 is 44.7 Å². The van der Waals surface area contributed by atoms with Crippen molar-refractivity contribution < 1.29 is 9.53 Å². The molecule has 0 aliphatic heterocycles. The maximum atomic E-state index is 12.5. The number of hydrogen-bond acceptors (Lipinski definition) is 3. The Bertz CT molecular complexity index is 516. The highest BCUT2D eigenvalue weighted by atomic mass is 79.9. The number of nitrogens with two attached hydrogens (primary N) is 1. The monoisotopic (exact) mass is 358 g/mol. The average molecular weight is 359 g/mol. The Labute approximate surface area is 133 Å². The van der Waals surface area contributed by atoms with Gasteiger partial charge >= 0.3 is 0 Å². The van der Waals surface area contributed by atoms with E-state index < -0.39 is 5.41 Å². The second kappa shape index (κ2) is 7.04. The van der Waals surface area contributed by atoms with E-state index >= 15 is 0 Å². The van der Waals surface area contributed by atoms with Crippen LogP contribution in [0.1, 0.15) is 26.7 Å². The molecule has 0 saturated carbocycles. The van der Waals surface area contributed by atoms with E-state index in [4.69, 9.17) is 22.7 Å². The van der Waals surface area contributed by atoms with E-state index in [0.717, 1.165) is 4.47 Å². The highest BCUT2D eigenvalue weighted by molar-refractivity contribution is 9.10. The van der Waals surface area contributed by atoms with Gasteiger partial charge in [0.25, 0.3) is 0 Å². The highest BCUT2D eigenvalue weighted by Crippen LogP contribution is 2.32. The van der Waals surface area contributed by atoms with Crippen molar-refractivity contribution in [1.29, 1.82) is 0 Å². The van der Waals surface area contributed by atoms with Crippen LogP contribution in [0, 0.1) is 5.41 Å². The van der Waals surface area contributed by atoms with Gasteiger partial charge in [0, 0.05) is 10.5 Å². The summed E-state index contributed by atoms with van der Waals surface area (Å²) in [5.74, 6) is 0.473. The Morgan fingerprint density at radius 2 is 2.05 bits per heavy atom. The molecule has 6 heteroatoms. The van der Waals surface area contributed by atoms with Crippen LogP contribution in [0.3, 0.4) is 0 Å². The first-order valence-electron chi connectivity index (χ1n) is 6.36. The lowest BCUT2D eigenvalue weighted by Crippen LogP contribution is -2.45. The first-order chi connectivity index (χ1) is 9.41. The molecule has 1 aromatic carbocycles. The van der Waals surface area contributed by atoms with Gasteiger partial charge in [-0.15, -0.1) is 0 Å². The van der Waals surface area contributed by atoms with E-state index in [1.807, 2.05) is 19.9 Å². The molecule has 0 radical (unpaired) electrons. The van der Waals surface area contributed by atoms with Crippen LogP contribution in [-0.4, -0.2) is 18.0 Å². The van der Waals surface area contributed by atoms with Crippen LogP contribution in [-0.2, 0) is 4.79 Å². The second-order valence-electron chi connectivity index (χ2n) is 4.45. The third-order valence-corrected chi connectivity index (χ3v) is 4.62. The number of benzene rings is 1. The largest absolute Gasteiger partial charge is 0.497 e. The lowest BCUT2D eigenvalue weighted by Gasteiger charge is -2.29. The van der Waals surface area contributed by atoms with E-state index in [-0.39, 0.29) is 10.9 Å². The fourth-order valence-corrected chi connectivity index (χ4v) is 2.73. The van der Waals surface area contributed by atoms with Crippen molar-refractivity contribution in [3.8, 4) is 5.75 Å². The number of carbonyl (C=O) groups is 1.